The highest BCUT2D eigenvalue weighted by atomic mass is 35.5. The summed E-state index contributed by atoms with van der Waals surface area (Å²) in [7, 11) is 0. The van der Waals surface area contributed by atoms with Crippen LogP contribution in [0.5, 0.6) is 0 Å². The molecule has 0 aliphatic heterocycles. The van der Waals surface area contributed by atoms with Crippen molar-refractivity contribution in [3.63, 3.8) is 0 Å². The van der Waals surface area contributed by atoms with E-state index in [-0.39, 0.29) is 10.5 Å². The predicted molar refractivity (Wildman–Crippen MR) is 176 cm³/mol. The summed E-state index contributed by atoms with van der Waals surface area (Å²) in [6.45, 7) is 4.04. The van der Waals surface area contributed by atoms with Crippen LogP contribution in [0.1, 0.15) is 43.9 Å². The average molecular weight is 653 g/mol. The molecule has 200 valence electrons. The van der Waals surface area contributed by atoms with Crippen LogP contribution in [0.2, 0.25) is 30.1 Å². The fraction of sp³-hybridized carbons (Fsp3) is 0.125. The van der Waals surface area contributed by atoms with Crippen LogP contribution in [0.25, 0.3) is 12.2 Å². The first-order valence-electron chi connectivity index (χ1n) is 12.0. The monoisotopic (exact) mass is 650 g/mol. The lowest BCUT2D eigenvalue weighted by Gasteiger charge is -2.22. The largest absolute Gasteiger partial charge is 0.137 e. The van der Waals surface area contributed by atoms with Crippen molar-refractivity contribution in [2.75, 3.05) is 0 Å². The molecule has 4 aromatic carbocycles. The van der Waals surface area contributed by atoms with Gasteiger partial charge in [-0.25, -0.2) is 0 Å². The Balaban J connectivity index is 1.78. The Bertz CT molecular complexity index is 1430. The molecule has 0 aliphatic carbocycles. The minimum atomic E-state index is -0.127. The van der Waals surface area contributed by atoms with Gasteiger partial charge in [-0.3, -0.25) is 0 Å². The van der Waals surface area contributed by atoms with Crippen LogP contribution in [-0.4, -0.2) is 0 Å². The van der Waals surface area contributed by atoms with E-state index >= 15 is 0 Å². The first kappa shape index (κ1) is 30.4. The Morgan fingerprint density at radius 2 is 0.923 bits per heavy atom. The molecule has 0 heterocycles. The van der Waals surface area contributed by atoms with E-state index in [4.69, 9.17) is 69.6 Å². The van der Waals surface area contributed by atoms with Crippen LogP contribution in [0.4, 0.5) is 0 Å². The zero-order chi connectivity index (χ0) is 28.1. The van der Waals surface area contributed by atoms with Gasteiger partial charge in [-0.15, -0.1) is 11.8 Å². The number of benzene rings is 4. The van der Waals surface area contributed by atoms with Crippen LogP contribution >= 0.6 is 81.4 Å². The molecule has 0 aromatic heterocycles. The number of halogens is 6. The van der Waals surface area contributed by atoms with E-state index in [1.807, 2.05) is 62.4 Å². The van der Waals surface area contributed by atoms with E-state index in [1.165, 1.54) is 0 Å². The standard InChI is InChI=1S/C32H24Cl6S/c1-19-3-11-25(29(37)15-19)31(13-7-21-5-9-23(33)17-27(21)35)39-32(26-12-4-20(2)16-30(26)38)14-8-22-6-10-24(34)18-28(22)36/h3-18,31-32H,1-2H3. The number of rotatable bonds is 8. The summed E-state index contributed by atoms with van der Waals surface area (Å²) in [6, 6.07) is 23.1. The van der Waals surface area contributed by atoms with Gasteiger partial charge in [-0.2, -0.15) is 0 Å². The van der Waals surface area contributed by atoms with E-state index in [0.717, 1.165) is 33.4 Å². The van der Waals surface area contributed by atoms with Crippen molar-refractivity contribution in [3.8, 4) is 0 Å². The van der Waals surface area contributed by atoms with Crippen LogP contribution < -0.4 is 0 Å². The number of aryl methyl sites for hydroxylation is 2. The molecule has 7 heteroatoms. The topological polar surface area (TPSA) is 0 Å². The van der Waals surface area contributed by atoms with Gasteiger partial charge in [-0.05, 0) is 83.6 Å². The van der Waals surface area contributed by atoms with E-state index in [9.17, 15) is 0 Å². The fourth-order valence-electron chi connectivity index (χ4n) is 3.98. The molecular weight excluding hydrogens is 629 g/mol. The summed E-state index contributed by atoms with van der Waals surface area (Å²) in [5.74, 6) is 0. The van der Waals surface area contributed by atoms with E-state index in [1.54, 1.807) is 23.9 Å². The van der Waals surface area contributed by atoms with Crippen molar-refractivity contribution in [2.24, 2.45) is 0 Å². The van der Waals surface area contributed by atoms with Crippen LogP contribution in [0.15, 0.2) is 84.9 Å². The number of hydrogen-bond donors (Lipinski definition) is 0. The molecule has 2 unspecified atom stereocenters. The molecule has 4 rings (SSSR count). The molecule has 39 heavy (non-hydrogen) atoms. The van der Waals surface area contributed by atoms with Gasteiger partial charge in [0.05, 0.1) is 10.5 Å². The quantitative estimate of drug-likeness (QED) is 0.182. The Morgan fingerprint density at radius 1 is 0.513 bits per heavy atom. The Morgan fingerprint density at radius 3 is 1.28 bits per heavy atom. The molecule has 0 nitrogen and oxygen atoms in total. The zero-order valence-corrected chi connectivity index (χ0v) is 26.4. The molecule has 0 aliphatic rings. The fourth-order valence-corrected chi connectivity index (χ4v) is 7.12. The Kier molecular flexibility index (Phi) is 10.8. The molecule has 0 spiro atoms. The smallest absolute Gasteiger partial charge is 0.0504 e. The highest BCUT2D eigenvalue weighted by molar-refractivity contribution is 8.00. The lowest BCUT2D eigenvalue weighted by molar-refractivity contribution is 1.16. The lowest BCUT2D eigenvalue weighted by atomic mass is 10.1. The highest BCUT2D eigenvalue weighted by Crippen LogP contribution is 2.47. The van der Waals surface area contributed by atoms with Crippen LogP contribution in [0, 0.1) is 13.8 Å². The molecule has 0 amide bonds. The van der Waals surface area contributed by atoms with Gasteiger partial charge in [0.1, 0.15) is 0 Å². The van der Waals surface area contributed by atoms with Gasteiger partial charge in [0.25, 0.3) is 0 Å². The van der Waals surface area contributed by atoms with Crippen molar-refractivity contribution < 1.29 is 0 Å². The molecule has 0 radical (unpaired) electrons. The minimum absolute atomic E-state index is 0.127. The van der Waals surface area contributed by atoms with Gasteiger partial charge in [0.15, 0.2) is 0 Å². The maximum absolute atomic E-state index is 6.78. The van der Waals surface area contributed by atoms with Gasteiger partial charge in [0, 0.05) is 30.1 Å². The third kappa shape index (κ3) is 8.24. The minimum Gasteiger partial charge on any atom is -0.137 e. The Hall–Kier alpha value is -1.55. The summed E-state index contributed by atoms with van der Waals surface area (Å²) < 4.78 is 0. The summed E-state index contributed by atoms with van der Waals surface area (Å²) >= 11 is 40.4. The van der Waals surface area contributed by atoms with E-state index in [2.05, 4.69) is 36.4 Å². The molecular formula is C32H24Cl6S. The third-order valence-electron chi connectivity index (χ3n) is 6.04. The van der Waals surface area contributed by atoms with Gasteiger partial charge in [-0.1, -0.05) is 130 Å². The maximum Gasteiger partial charge on any atom is 0.0504 e. The average Bonchev–Trinajstić information content (AvgIpc) is 2.86. The second-order valence-electron chi connectivity index (χ2n) is 9.08. The second-order valence-corrected chi connectivity index (χ2v) is 12.9. The number of hydrogen-bond acceptors (Lipinski definition) is 1. The zero-order valence-electron chi connectivity index (χ0n) is 21.1. The van der Waals surface area contributed by atoms with Crippen LogP contribution in [0.3, 0.4) is 0 Å². The lowest BCUT2D eigenvalue weighted by Crippen LogP contribution is -1.99. The molecule has 0 saturated carbocycles. The maximum atomic E-state index is 6.78. The SMILES string of the molecule is Cc1ccc(C(C=Cc2ccc(Cl)cc2Cl)SC(C=Cc2ccc(Cl)cc2Cl)c2ccc(C)cc2Cl)c(Cl)c1. The summed E-state index contributed by atoms with van der Waals surface area (Å²) in [5, 5.41) is 3.46. The summed E-state index contributed by atoms with van der Waals surface area (Å²) in [4.78, 5) is 0. The number of thioether (sulfide) groups is 1. The van der Waals surface area contributed by atoms with Crippen molar-refractivity contribution in [1.82, 2.24) is 0 Å². The van der Waals surface area contributed by atoms with Crippen molar-refractivity contribution in [1.29, 1.82) is 0 Å². The first-order chi connectivity index (χ1) is 18.6. The van der Waals surface area contributed by atoms with Gasteiger partial charge >= 0.3 is 0 Å². The third-order valence-corrected chi connectivity index (χ3v) is 9.23. The van der Waals surface area contributed by atoms with Crippen LogP contribution in [-0.2, 0) is 0 Å². The molecule has 4 aromatic rings. The van der Waals surface area contributed by atoms with Gasteiger partial charge in [0.2, 0.25) is 0 Å². The molecule has 0 fully saturated rings. The first-order valence-corrected chi connectivity index (χ1v) is 15.3. The molecule has 0 N–H and O–H groups in total. The molecule has 2 atom stereocenters. The van der Waals surface area contributed by atoms with Gasteiger partial charge < -0.3 is 0 Å². The van der Waals surface area contributed by atoms with Crippen molar-refractivity contribution in [3.05, 3.63) is 148 Å². The molecule has 0 saturated heterocycles. The second kappa shape index (κ2) is 13.9. The summed E-state index contributed by atoms with van der Waals surface area (Å²) in [6.07, 6.45) is 8.21. The normalized spacial score (nSPS) is 13.3. The van der Waals surface area contributed by atoms with E-state index in [0.29, 0.717) is 30.1 Å². The van der Waals surface area contributed by atoms with Crippen molar-refractivity contribution in [2.45, 2.75) is 24.3 Å². The van der Waals surface area contributed by atoms with Crippen molar-refractivity contribution >= 4 is 93.5 Å². The predicted octanol–water partition coefficient (Wildman–Crippen LogP) is 13.2. The van der Waals surface area contributed by atoms with E-state index < -0.39 is 0 Å². The Labute approximate surface area is 264 Å². The molecule has 0 bridgehead atoms. The highest BCUT2D eigenvalue weighted by Gasteiger charge is 2.21. The summed E-state index contributed by atoms with van der Waals surface area (Å²) in [5.41, 5.74) is 5.88.